The van der Waals surface area contributed by atoms with Gasteiger partial charge in [-0.3, -0.25) is 0 Å². The van der Waals surface area contributed by atoms with Crippen molar-refractivity contribution in [2.75, 3.05) is 50.0 Å². The second-order valence-electron chi connectivity index (χ2n) is 5.84. The van der Waals surface area contributed by atoms with E-state index in [1.165, 1.54) is 0 Å². The predicted octanol–water partition coefficient (Wildman–Crippen LogP) is 2.58. The third-order valence-corrected chi connectivity index (χ3v) is 4.65. The zero-order valence-electron chi connectivity index (χ0n) is 13.5. The van der Waals surface area contributed by atoms with Gasteiger partial charge >= 0.3 is 0 Å². The molecule has 0 saturated carbocycles. The summed E-state index contributed by atoms with van der Waals surface area (Å²) in [6, 6.07) is 5.53. The summed E-state index contributed by atoms with van der Waals surface area (Å²) in [4.78, 5) is 9.10. The number of hydrogen-bond donors (Lipinski definition) is 1. The first-order chi connectivity index (χ1) is 11.6. The van der Waals surface area contributed by atoms with Crippen molar-refractivity contribution in [1.82, 2.24) is 20.1 Å². The van der Waals surface area contributed by atoms with Crippen molar-refractivity contribution in [2.45, 2.75) is 6.42 Å². The fourth-order valence-electron chi connectivity index (χ4n) is 2.59. The van der Waals surface area contributed by atoms with Crippen LogP contribution in [0.3, 0.4) is 0 Å². The molecule has 2 aromatic rings. The molecule has 1 aliphatic rings. The number of likely N-dealkylation sites (N-methyl/N-ethyl adjacent to an activating group) is 1. The molecule has 1 fully saturated rings. The summed E-state index contributed by atoms with van der Waals surface area (Å²) in [6.07, 6.45) is 2.48. The second-order valence-corrected chi connectivity index (χ2v) is 6.68. The van der Waals surface area contributed by atoms with Gasteiger partial charge in [-0.1, -0.05) is 29.3 Å². The van der Waals surface area contributed by atoms with Crippen molar-refractivity contribution >= 4 is 35.0 Å². The van der Waals surface area contributed by atoms with Crippen molar-refractivity contribution < 1.29 is 0 Å². The monoisotopic (exact) mass is 366 g/mol. The third-order valence-electron chi connectivity index (χ3n) is 4.07. The Morgan fingerprint density at radius 2 is 1.96 bits per heavy atom. The van der Waals surface area contributed by atoms with Crippen LogP contribution in [0.25, 0.3) is 0 Å². The molecule has 0 radical (unpaired) electrons. The number of nitrogens with zero attached hydrogens (tertiary/aromatic N) is 5. The van der Waals surface area contributed by atoms with Gasteiger partial charge in [0.2, 0.25) is 5.95 Å². The highest BCUT2D eigenvalue weighted by molar-refractivity contribution is 6.35. The van der Waals surface area contributed by atoms with E-state index in [2.05, 4.69) is 37.3 Å². The number of halogens is 2. The first-order valence-electron chi connectivity index (χ1n) is 7.93. The summed E-state index contributed by atoms with van der Waals surface area (Å²) in [5.41, 5.74) is 1.04. The molecule has 8 heteroatoms. The van der Waals surface area contributed by atoms with Crippen molar-refractivity contribution in [3.05, 3.63) is 40.0 Å². The number of nitrogens with one attached hydrogen (secondary N) is 1. The Hall–Kier alpha value is -1.63. The summed E-state index contributed by atoms with van der Waals surface area (Å²) in [5, 5.41) is 12.6. The summed E-state index contributed by atoms with van der Waals surface area (Å²) in [7, 11) is 2.13. The van der Waals surface area contributed by atoms with Gasteiger partial charge in [0, 0.05) is 42.8 Å². The molecule has 1 aliphatic heterocycles. The maximum atomic E-state index is 6.18. The summed E-state index contributed by atoms with van der Waals surface area (Å²) < 4.78 is 0. The van der Waals surface area contributed by atoms with Crippen molar-refractivity contribution in [2.24, 2.45) is 0 Å². The average molecular weight is 367 g/mol. The highest BCUT2D eigenvalue weighted by atomic mass is 35.5. The topological polar surface area (TPSA) is 57.2 Å². The molecule has 1 saturated heterocycles. The molecule has 128 valence electrons. The number of aromatic nitrogens is 3. The van der Waals surface area contributed by atoms with E-state index in [1.807, 2.05) is 12.1 Å². The highest BCUT2D eigenvalue weighted by Crippen LogP contribution is 2.21. The fraction of sp³-hybridized carbons (Fsp3) is 0.438. The smallest absolute Gasteiger partial charge is 0.244 e. The van der Waals surface area contributed by atoms with Crippen LogP contribution >= 0.6 is 23.2 Å². The minimum Gasteiger partial charge on any atom is -0.353 e. The first-order valence-corrected chi connectivity index (χ1v) is 8.68. The Balaban J connectivity index is 1.56. The van der Waals surface area contributed by atoms with E-state index in [4.69, 9.17) is 23.2 Å². The highest BCUT2D eigenvalue weighted by Gasteiger charge is 2.16. The van der Waals surface area contributed by atoms with Gasteiger partial charge in [0.25, 0.3) is 0 Å². The molecule has 1 aromatic heterocycles. The fourth-order valence-corrected chi connectivity index (χ4v) is 3.09. The quantitative estimate of drug-likeness (QED) is 0.877. The van der Waals surface area contributed by atoms with E-state index in [9.17, 15) is 0 Å². The van der Waals surface area contributed by atoms with Crippen molar-refractivity contribution in [3.63, 3.8) is 0 Å². The van der Waals surface area contributed by atoms with Gasteiger partial charge < -0.3 is 15.1 Å². The summed E-state index contributed by atoms with van der Waals surface area (Å²) in [5.74, 6) is 1.40. The number of benzene rings is 1. The molecular weight excluding hydrogens is 347 g/mol. The van der Waals surface area contributed by atoms with Gasteiger partial charge in [-0.15, -0.1) is 5.10 Å². The lowest BCUT2D eigenvalue weighted by atomic mass is 10.1. The zero-order chi connectivity index (χ0) is 16.9. The molecule has 0 unspecified atom stereocenters. The molecule has 0 aliphatic carbocycles. The molecule has 0 amide bonds. The second kappa shape index (κ2) is 7.96. The van der Waals surface area contributed by atoms with Crippen LogP contribution in [-0.2, 0) is 6.42 Å². The molecular formula is C16H20Cl2N6. The minimum absolute atomic E-state index is 0.538. The summed E-state index contributed by atoms with van der Waals surface area (Å²) >= 11 is 12.1. The number of rotatable bonds is 5. The van der Waals surface area contributed by atoms with Crippen LogP contribution < -0.4 is 10.2 Å². The summed E-state index contributed by atoms with van der Waals surface area (Å²) in [6.45, 7) is 4.64. The Labute approximate surface area is 151 Å². The normalized spacial score (nSPS) is 15.5. The van der Waals surface area contributed by atoms with Crippen LogP contribution in [0.2, 0.25) is 10.0 Å². The van der Waals surface area contributed by atoms with E-state index < -0.39 is 0 Å². The van der Waals surface area contributed by atoms with Gasteiger partial charge in [0.1, 0.15) is 0 Å². The zero-order valence-corrected chi connectivity index (χ0v) is 15.1. The molecule has 1 N–H and O–H groups in total. The number of hydrogen-bond acceptors (Lipinski definition) is 6. The Kier molecular flexibility index (Phi) is 5.71. The molecule has 0 atom stereocenters. The van der Waals surface area contributed by atoms with Gasteiger partial charge in [-0.25, -0.2) is 0 Å². The predicted molar refractivity (Wildman–Crippen MR) is 98.2 cm³/mol. The lowest BCUT2D eigenvalue weighted by Crippen LogP contribution is -2.44. The van der Waals surface area contributed by atoms with Crippen molar-refractivity contribution in [1.29, 1.82) is 0 Å². The van der Waals surface area contributed by atoms with Crippen LogP contribution in [0, 0.1) is 0 Å². The van der Waals surface area contributed by atoms with E-state index in [0.29, 0.717) is 22.5 Å². The first kappa shape index (κ1) is 17.2. The van der Waals surface area contributed by atoms with E-state index in [-0.39, 0.29) is 0 Å². The lowest BCUT2D eigenvalue weighted by molar-refractivity contribution is 0.312. The van der Waals surface area contributed by atoms with E-state index in [1.54, 1.807) is 12.3 Å². The van der Waals surface area contributed by atoms with Gasteiger partial charge in [-0.2, -0.15) is 10.1 Å². The number of piperazine rings is 1. The molecule has 0 spiro atoms. The van der Waals surface area contributed by atoms with Crippen LogP contribution in [-0.4, -0.2) is 59.9 Å². The van der Waals surface area contributed by atoms with Crippen molar-refractivity contribution in [3.8, 4) is 0 Å². The third kappa shape index (κ3) is 4.47. The SMILES string of the molecule is CN1CCN(c2cnnc(NCCc3ccc(Cl)cc3Cl)n2)CC1. The van der Waals surface area contributed by atoms with Gasteiger partial charge in [0.05, 0.1) is 6.20 Å². The molecule has 1 aromatic carbocycles. The average Bonchev–Trinajstić information content (AvgIpc) is 2.58. The molecule has 6 nitrogen and oxygen atoms in total. The van der Waals surface area contributed by atoms with Crippen LogP contribution in [0.15, 0.2) is 24.4 Å². The minimum atomic E-state index is 0.538. The van der Waals surface area contributed by atoms with E-state index >= 15 is 0 Å². The van der Waals surface area contributed by atoms with Crippen LogP contribution in [0.4, 0.5) is 11.8 Å². The maximum absolute atomic E-state index is 6.18. The maximum Gasteiger partial charge on any atom is 0.244 e. The van der Waals surface area contributed by atoms with Crippen LogP contribution in [0.1, 0.15) is 5.56 Å². The molecule has 3 rings (SSSR count). The Morgan fingerprint density at radius 3 is 2.71 bits per heavy atom. The molecule has 2 heterocycles. The number of anilines is 2. The Bertz CT molecular complexity index is 688. The van der Waals surface area contributed by atoms with Gasteiger partial charge in [-0.05, 0) is 31.2 Å². The van der Waals surface area contributed by atoms with E-state index in [0.717, 1.165) is 44.0 Å². The standard InChI is InChI=1S/C16H20Cl2N6/c1-23-6-8-24(9-7-23)15-11-20-22-16(21-15)19-5-4-12-2-3-13(17)10-14(12)18/h2-3,10-11H,4-9H2,1H3,(H,19,21,22). The Morgan fingerprint density at radius 1 is 1.17 bits per heavy atom. The van der Waals surface area contributed by atoms with Gasteiger partial charge in [0.15, 0.2) is 5.82 Å². The van der Waals surface area contributed by atoms with Crippen LogP contribution in [0.5, 0.6) is 0 Å². The lowest BCUT2D eigenvalue weighted by Gasteiger charge is -2.32. The largest absolute Gasteiger partial charge is 0.353 e. The molecule has 24 heavy (non-hydrogen) atoms. The molecule has 0 bridgehead atoms.